The number of nitrogens with one attached hydrogen (secondary N) is 1. The fourth-order valence-corrected chi connectivity index (χ4v) is 4.26. The summed E-state index contributed by atoms with van der Waals surface area (Å²) in [7, 11) is 2.94. The Morgan fingerprint density at radius 1 is 1.31 bits per heavy atom. The van der Waals surface area contributed by atoms with Crippen molar-refractivity contribution in [1.82, 2.24) is 10.2 Å². The van der Waals surface area contributed by atoms with Crippen molar-refractivity contribution >= 4 is 18.1 Å². The van der Waals surface area contributed by atoms with E-state index < -0.39 is 30.1 Å². The minimum Gasteiger partial charge on any atom is -0.493 e. The first kappa shape index (κ1) is 23.7. The van der Waals surface area contributed by atoms with Crippen LogP contribution in [0.1, 0.15) is 28.8 Å². The van der Waals surface area contributed by atoms with Crippen LogP contribution in [0.4, 0.5) is 0 Å². The Bertz CT molecular complexity index is 915. The molecular weight excluding hydrogens is 420 g/mol. The van der Waals surface area contributed by atoms with Crippen molar-refractivity contribution in [1.29, 1.82) is 0 Å². The Kier molecular flexibility index (Phi) is 7.49. The zero-order chi connectivity index (χ0) is 23.4. The normalized spacial score (nSPS) is 23.3. The fourth-order valence-electron chi connectivity index (χ4n) is 4.26. The highest BCUT2D eigenvalue weighted by Gasteiger charge is 2.51. The van der Waals surface area contributed by atoms with Crippen LogP contribution in [-0.2, 0) is 14.3 Å². The highest BCUT2D eigenvalue weighted by Crippen LogP contribution is 2.51. The Morgan fingerprint density at radius 2 is 2.06 bits per heavy atom. The number of aliphatic hydroxyl groups is 2. The van der Waals surface area contributed by atoms with E-state index in [9.17, 15) is 19.5 Å². The van der Waals surface area contributed by atoms with E-state index in [1.54, 1.807) is 12.1 Å². The van der Waals surface area contributed by atoms with E-state index in [2.05, 4.69) is 5.32 Å². The highest BCUT2D eigenvalue weighted by molar-refractivity contribution is 5.96. The van der Waals surface area contributed by atoms with E-state index in [1.165, 1.54) is 32.1 Å². The van der Waals surface area contributed by atoms with Crippen molar-refractivity contribution in [3.05, 3.63) is 34.9 Å². The smallest absolute Gasteiger partial charge is 0.247 e. The van der Waals surface area contributed by atoms with Crippen LogP contribution in [0.15, 0.2) is 23.8 Å². The van der Waals surface area contributed by atoms with Crippen molar-refractivity contribution in [2.24, 2.45) is 0 Å². The van der Waals surface area contributed by atoms with Gasteiger partial charge in [-0.05, 0) is 18.2 Å². The fraction of sp³-hybridized carbons (Fsp3) is 0.500. The number of ether oxygens (including phenoxy) is 3. The molecule has 0 radical (unpaired) electrons. The number of nitrogens with zero attached hydrogens (tertiary/aromatic N) is 1. The molecule has 1 aromatic carbocycles. The molecule has 2 aliphatic rings. The van der Waals surface area contributed by atoms with Crippen molar-refractivity contribution in [3.8, 4) is 11.5 Å². The lowest BCUT2D eigenvalue weighted by Gasteiger charge is -2.40. The summed E-state index contributed by atoms with van der Waals surface area (Å²) < 4.78 is 16.5. The van der Waals surface area contributed by atoms with E-state index in [-0.39, 0.29) is 37.8 Å². The van der Waals surface area contributed by atoms with Crippen LogP contribution in [0.3, 0.4) is 0 Å². The number of carbonyl (C=O) groups excluding carboxylic acids is 3. The highest BCUT2D eigenvalue weighted by atomic mass is 16.5. The summed E-state index contributed by atoms with van der Waals surface area (Å²) in [4.78, 5) is 38.2. The summed E-state index contributed by atoms with van der Waals surface area (Å²) in [6.07, 6.45) is 0.158. The van der Waals surface area contributed by atoms with Crippen LogP contribution < -0.4 is 14.8 Å². The second kappa shape index (κ2) is 10.1. The van der Waals surface area contributed by atoms with Gasteiger partial charge in [-0.1, -0.05) is 0 Å². The summed E-state index contributed by atoms with van der Waals surface area (Å²) >= 11 is 0. The summed E-state index contributed by atoms with van der Waals surface area (Å²) in [5, 5.41) is 23.0. The molecule has 174 valence electrons. The monoisotopic (exact) mass is 448 g/mol. The molecule has 0 spiro atoms. The van der Waals surface area contributed by atoms with Crippen molar-refractivity contribution in [2.45, 2.75) is 31.1 Å². The first-order chi connectivity index (χ1) is 15.4. The second-order valence-electron chi connectivity index (χ2n) is 7.61. The molecule has 0 aromatic heterocycles. The maximum absolute atomic E-state index is 13.0. The molecule has 0 bridgehead atoms. The predicted molar refractivity (Wildman–Crippen MR) is 113 cm³/mol. The molecule has 0 saturated carbocycles. The molecule has 4 atom stereocenters. The summed E-state index contributed by atoms with van der Waals surface area (Å²) in [6.45, 7) is 1.61. The largest absolute Gasteiger partial charge is 0.493 e. The van der Waals surface area contributed by atoms with Gasteiger partial charge in [-0.15, -0.1) is 0 Å². The van der Waals surface area contributed by atoms with Crippen LogP contribution >= 0.6 is 0 Å². The summed E-state index contributed by atoms with van der Waals surface area (Å²) in [6, 6.07) is 2.27. The quantitative estimate of drug-likeness (QED) is 0.436. The molecule has 1 aliphatic heterocycles. The number of fused-ring (bicyclic) bond motifs is 3. The van der Waals surface area contributed by atoms with Gasteiger partial charge in [-0.25, -0.2) is 0 Å². The van der Waals surface area contributed by atoms with Gasteiger partial charge >= 0.3 is 0 Å². The van der Waals surface area contributed by atoms with Crippen LogP contribution in [0.2, 0.25) is 0 Å². The number of rotatable bonds is 9. The Balaban J connectivity index is 2.12. The van der Waals surface area contributed by atoms with Gasteiger partial charge in [0.1, 0.15) is 18.5 Å². The van der Waals surface area contributed by atoms with Gasteiger partial charge in [0, 0.05) is 43.8 Å². The van der Waals surface area contributed by atoms with Gasteiger partial charge in [0.05, 0.1) is 32.3 Å². The molecule has 3 rings (SSSR count). The van der Waals surface area contributed by atoms with E-state index >= 15 is 0 Å². The molecule has 4 unspecified atom stereocenters. The zero-order valence-electron chi connectivity index (χ0n) is 18.2. The predicted octanol–water partition coefficient (Wildman–Crippen LogP) is -0.375. The van der Waals surface area contributed by atoms with E-state index in [0.29, 0.717) is 28.9 Å². The van der Waals surface area contributed by atoms with E-state index in [4.69, 9.17) is 19.3 Å². The molecule has 10 heteroatoms. The average Bonchev–Trinajstić information content (AvgIpc) is 3.18. The van der Waals surface area contributed by atoms with Gasteiger partial charge in [0.25, 0.3) is 0 Å². The molecule has 1 heterocycles. The van der Waals surface area contributed by atoms with Crippen LogP contribution in [0, 0.1) is 0 Å². The second-order valence-corrected chi connectivity index (χ2v) is 7.61. The van der Waals surface area contributed by atoms with Crippen molar-refractivity contribution in [3.63, 3.8) is 0 Å². The molecule has 1 aliphatic carbocycles. The standard InChI is InChI=1S/C22H28N2O8/c1-12(27)24(5-7-30-2)16-10-15(22(29)23-4-6-25)18-14-8-13(11-26)9-17(31-3)20(14)32-21(18)19(16)28/h8-11,16,18-19,21,25,28H,4-7H2,1-3H3,(H,23,29). The number of aliphatic hydroxyl groups excluding tert-OH is 2. The van der Waals surface area contributed by atoms with Crippen LogP contribution in [-0.4, -0.2) is 92.0 Å². The minimum atomic E-state index is -1.16. The van der Waals surface area contributed by atoms with Gasteiger partial charge in [-0.3, -0.25) is 14.4 Å². The molecular formula is C22H28N2O8. The topological polar surface area (TPSA) is 135 Å². The van der Waals surface area contributed by atoms with Crippen molar-refractivity contribution in [2.75, 3.05) is 40.5 Å². The first-order valence-electron chi connectivity index (χ1n) is 10.3. The molecule has 0 saturated heterocycles. The van der Waals surface area contributed by atoms with Gasteiger partial charge in [-0.2, -0.15) is 0 Å². The number of carbonyl (C=O) groups is 3. The minimum absolute atomic E-state index is 0.0340. The number of hydrogen-bond donors (Lipinski definition) is 3. The summed E-state index contributed by atoms with van der Waals surface area (Å²) in [5.74, 6) is -0.819. The van der Waals surface area contributed by atoms with Gasteiger partial charge < -0.3 is 34.6 Å². The third-order valence-electron chi connectivity index (χ3n) is 5.71. The van der Waals surface area contributed by atoms with Crippen molar-refractivity contribution < 1.29 is 38.8 Å². The number of methoxy groups -OCH3 is 2. The van der Waals surface area contributed by atoms with E-state index in [1.807, 2.05) is 0 Å². The Morgan fingerprint density at radius 3 is 2.66 bits per heavy atom. The van der Waals surface area contributed by atoms with Crippen LogP contribution in [0.25, 0.3) is 0 Å². The third-order valence-corrected chi connectivity index (χ3v) is 5.71. The van der Waals surface area contributed by atoms with Crippen LogP contribution in [0.5, 0.6) is 11.5 Å². The molecule has 32 heavy (non-hydrogen) atoms. The lowest BCUT2D eigenvalue weighted by atomic mass is 9.77. The molecule has 3 N–H and O–H groups in total. The lowest BCUT2D eigenvalue weighted by Crippen LogP contribution is -2.56. The number of aldehydes is 1. The third kappa shape index (κ3) is 4.34. The van der Waals surface area contributed by atoms with E-state index in [0.717, 1.165) is 0 Å². The number of amides is 2. The lowest BCUT2D eigenvalue weighted by molar-refractivity contribution is -0.135. The molecule has 1 aromatic rings. The first-order valence-corrected chi connectivity index (χ1v) is 10.3. The molecule has 0 fully saturated rings. The Labute approximate surface area is 185 Å². The number of benzene rings is 1. The summed E-state index contributed by atoms with van der Waals surface area (Å²) in [5.41, 5.74) is 1.14. The maximum atomic E-state index is 13.0. The average molecular weight is 448 g/mol. The van der Waals surface area contributed by atoms with Gasteiger partial charge in [0.15, 0.2) is 11.5 Å². The molecule has 2 amide bonds. The molecule has 10 nitrogen and oxygen atoms in total. The zero-order valence-corrected chi connectivity index (χ0v) is 18.2. The SMILES string of the molecule is COCCN(C(C)=O)C1C=C(C(=O)NCCO)C2c3cc(C=O)cc(OC)c3OC2C1O. The Hall–Kier alpha value is -2.95. The maximum Gasteiger partial charge on any atom is 0.247 e. The number of hydrogen-bond acceptors (Lipinski definition) is 8. The van der Waals surface area contributed by atoms with Gasteiger partial charge in [0.2, 0.25) is 11.8 Å².